The molecule has 1 N–H and O–H groups in total. The molecule has 0 aliphatic heterocycles. The predicted molar refractivity (Wildman–Crippen MR) is 75.2 cm³/mol. The maximum atomic E-state index is 3.64. The Balaban J connectivity index is 2.49. The van der Waals surface area contributed by atoms with E-state index < -0.39 is 0 Å². The van der Waals surface area contributed by atoms with Gasteiger partial charge in [0.1, 0.15) is 0 Å². The van der Waals surface area contributed by atoms with Crippen LogP contribution in [0, 0.1) is 0 Å². The van der Waals surface area contributed by atoms with Gasteiger partial charge in [-0.3, -0.25) is 0 Å². The first-order chi connectivity index (χ1) is 7.72. The molecule has 1 aromatic rings. The molecule has 0 radical (unpaired) electrons. The van der Waals surface area contributed by atoms with Crippen LogP contribution < -0.4 is 5.32 Å². The third-order valence-corrected chi connectivity index (χ3v) is 3.46. The van der Waals surface area contributed by atoms with E-state index in [0.717, 1.165) is 6.42 Å². The van der Waals surface area contributed by atoms with Crippen LogP contribution in [-0.2, 0) is 6.42 Å². The van der Waals surface area contributed by atoms with Crippen LogP contribution in [0.4, 0.5) is 0 Å². The molecule has 0 aliphatic rings. The van der Waals surface area contributed by atoms with E-state index >= 15 is 0 Å². The second-order valence-electron chi connectivity index (χ2n) is 4.37. The Hall–Kier alpha value is -0.470. The molecule has 0 bridgehead atoms. The highest BCUT2D eigenvalue weighted by atomic mass is 32.2. The number of thioether (sulfide) groups is 1. The summed E-state index contributed by atoms with van der Waals surface area (Å²) in [6.45, 7) is 6.66. The van der Waals surface area contributed by atoms with Crippen molar-refractivity contribution in [3.05, 3.63) is 35.9 Å². The quantitative estimate of drug-likeness (QED) is 0.780. The zero-order valence-electron chi connectivity index (χ0n) is 10.6. The molecule has 0 spiro atoms. The highest BCUT2D eigenvalue weighted by molar-refractivity contribution is 7.99. The van der Waals surface area contributed by atoms with Gasteiger partial charge in [-0.25, -0.2) is 0 Å². The van der Waals surface area contributed by atoms with Crippen LogP contribution >= 0.6 is 11.8 Å². The fourth-order valence-corrected chi connectivity index (χ4v) is 2.53. The molecule has 0 saturated heterocycles. The summed E-state index contributed by atoms with van der Waals surface area (Å²) in [6, 6.07) is 11.9. The summed E-state index contributed by atoms with van der Waals surface area (Å²) >= 11 is 2.01. The highest BCUT2D eigenvalue weighted by Gasteiger charge is 2.10. The zero-order chi connectivity index (χ0) is 11.8. The topological polar surface area (TPSA) is 12.0 Å². The summed E-state index contributed by atoms with van der Waals surface area (Å²) in [5.41, 5.74) is 1.43. The average molecular weight is 237 g/mol. The van der Waals surface area contributed by atoms with Crippen LogP contribution in [0.2, 0.25) is 0 Å². The summed E-state index contributed by atoms with van der Waals surface area (Å²) in [4.78, 5) is 0. The van der Waals surface area contributed by atoms with Gasteiger partial charge in [0.25, 0.3) is 0 Å². The Morgan fingerprint density at radius 1 is 1.19 bits per heavy atom. The first kappa shape index (κ1) is 13.6. The van der Waals surface area contributed by atoms with Crippen molar-refractivity contribution < 1.29 is 0 Å². The Morgan fingerprint density at radius 3 is 2.44 bits per heavy atom. The molecule has 1 rings (SSSR count). The monoisotopic (exact) mass is 237 g/mol. The van der Waals surface area contributed by atoms with E-state index in [1.54, 1.807) is 0 Å². The summed E-state index contributed by atoms with van der Waals surface area (Å²) in [7, 11) is 0. The molecule has 0 amide bonds. The van der Waals surface area contributed by atoms with Crippen molar-refractivity contribution in [1.29, 1.82) is 0 Å². The second-order valence-corrected chi connectivity index (χ2v) is 5.69. The van der Waals surface area contributed by atoms with Gasteiger partial charge < -0.3 is 5.32 Å². The second kappa shape index (κ2) is 7.75. The number of benzene rings is 1. The van der Waals surface area contributed by atoms with Gasteiger partial charge in [0, 0.05) is 17.8 Å². The Kier molecular flexibility index (Phi) is 6.58. The maximum Gasteiger partial charge on any atom is 0.0200 e. The molecule has 0 heterocycles. The number of hydrogen-bond acceptors (Lipinski definition) is 2. The maximum absolute atomic E-state index is 3.64. The minimum absolute atomic E-state index is 0.561. The van der Waals surface area contributed by atoms with Gasteiger partial charge in [-0.2, -0.15) is 11.8 Å². The Morgan fingerprint density at radius 2 is 1.88 bits per heavy atom. The lowest BCUT2D eigenvalue weighted by Gasteiger charge is -2.21. The van der Waals surface area contributed by atoms with Gasteiger partial charge in [-0.05, 0) is 17.7 Å². The standard InChI is InChI=1S/C14H23NS/c1-4-16-11-14(15-12(2)3)10-13-8-6-5-7-9-13/h5-9,12,14-15H,4,10-11H2,1-3H3. The third kappa shape index (κ3) is 5.57. The number of nitrogens with one attached hydrogen (secondary N) is 1. The number of rotatable bonds is 7. The summed E-state index contributed by atoms with van der Waals surface area (Å²) in [5.74, 6) is 2.40. The van der Waals surface area contributed by atoms with Crippen LogP contribution in [0.25, 0.3) is 0 Å². The van der Waals surface area contributed by atoms with Gasteiger partial charge in [-0.1, -0.05) is 51.1 Å². The van der Waals surface area contributed by atoms with Crippen LogP contribution in [-0.4, -0.2) is 23.6 Å². The summed E-state index contributed by atoms with van der Waals surface area (Å²) in [5, 5.41) is 3.64. The summed E-state index contributed by atoms with van der Waals surface area (Å²) in [6.07, 6.45) is 1.13. The zero-order valence-corrected chi connectivity index (χ0v) is 11.4. The van der Waals surface area contributed by atoms with Crippen LogP contribution in [0.1, 0.15) is 26.3 Å². The van der Waals surface area contributed by atoms with Crippen molar-refractivity contribution in [1.82, 2.24) is 5.32 Å². The molecule has 1 aromatic carbocycles. The molecule has 0 aliphatic carbocycles. The largest absolute Gasteiger partial charge is 0.311 e. The minimum atomic E-state index is 0.561. The fourth-order valence-electron chi connectivity index (χ4n) is 1.80. The first-order valence-corrected chi connectivity index (χ1v) is 7.25. The smallest absolute Gasteiger partial charge is 0.0200 e. The van der Waals surface area contributed by atoms with Crippen molar-refractivity contribution in [2.24, 2.45) is 0 Å². The van der Waals surface area contributed by atoms with Crippen molar-refractivity contribution in [3.8, 4) is 0 Å². The fraction of sp³-hybridized carbons (Fsp3) is 0.571. The van der Waals surface area contributed by atoms with E-state index in [2.05, 4.69) is 56.4 Å². The lowest BCUT2D eigenvalue weighted by atomic mass is 10.1. The Labute approximate surface area is 104 Å². The molecular weight excluding hydrogens is 214 g/mol. The van der Waals surface area contributed by atoms with E-state index in [1.165, 1.54) is 17.1 Å². The van der Waals surface area contributed by atoms with Crippen LogP contribution in [0.3, 0.4) is 0 Å². The van der Waals surface area contributed by atoms with Crippen molar-refractivity contribution in [2.75, 3.05) is 11.5 Å². The van der Waals surface area contributed by atoms with E-state index in [0.29, 0.717) is 12.1 Å². The average Bonchev–Trinajstić information content (AvgIpc) is 2.26. The molecule has 0 saturated carbocycles. The lowest BCUT2D eigenvalue weighted by molar-refractivity contribution is 0.493. The molecule has 16 heavy (non-hydrogen) atoms. The molecule has 2 heteroatoms. The Bertz CT molecular complexity index is 271. The highest BCUT2D eigenvalue weighted by Crippen LogP contribution is 2.09. The van der Waals surface area contributed by atoms with E-state index in [9.17, 15) is 0 Å². The molecule has 1 atom stereocenters. The molecule has 0 fully saturated rings. The van der Waals surface area contributed by atoms with E-state index in [-0.39, 0.29) is 0 Å². The van der Waals surface area contributed by atoms with E-state index in [4.69, 9.17) is 0 Å². The number of hydrogen-bond donors (Lipinski definition) is 1. The summed E-state index contributed by atoms with van der Waals surface area (Å²) < 4.78 is 0. The van der Waals surface area contributed by atoms with Crippen LogP contribution in [0.15, 0.2) is 30.3 Å². The van der Waals surface area contributed by atoms with Gasteiger partial charge in [0.2, 0.25) is 0 Å². The minimum Gasteiger partial charge on any atom is -0.311 e. The first-order valence-electron chi connectivity index (χ1n) is 6.10. The van der Waals surface area contributed by atoms with Gasteiger partial charge in [-0.15, -0.1) is 0 Å². The van der Waals surface area contributed by atoms with Crippen LogP contribution in [0.5, 0.6) is 0 Å². The normalized spacial score (nSPS) is 13.0. The third-order valence-electron chi connectivity index (χ3n) is 2.42. The van der Waals surface area contributed by atoms with Gasteiger partial charge in [0.05, 0.1) is 0 Å². The van der Waals surface area contributed by atoms with Gasteiger partial charge in [0.15, 0.2) is 0 Å². The van der Waals surface area contributed by atoms with Gasteiger partial charge >= 0.3 is 0 Å². The predicted octanol–water partition coefficient (Wildman–Crippen LogP) is 3.35. The van der Waals surface area contributed by atoms with Crippen molar-refractivity contribution >= 4 is 11.8 Å². The van der Waals surface area contributed by atoms with Crippen molar-refractivity contribution in [3.63, 3.8) is 0 Å². The molecule has 0 aromatic heterocycles. The molecule has 90 valence electrons. The SMILES string of the molecule is CCSCC(Cc1ccccc1)NC(C)C. The molecule has 1 nitrogen and oxygen atoms in total. The van der Waals surface area contributed by atoms with E-state index in [1.807, 2.05) is 11.8 Å². The molecular formula is C14H23NS. The van der Waals surface area contributed by atoms with Crippen molar-refractivity contribution in [2.45, 2.75) is 39.3 Å². The molecule has 1 unspecified atom stereocenters. The lowest BCUT2D eigenvalue weighted by Crippen LogP contribution is -2.38.